The summed E-state index contributed by atoms with van der Waals surface area (Å²) in [5.41, 5.74) is 1.05. The average Bonchev–Trinajstić information content (AvgIpc) is 2.41. The summed E-state index contributed by atoms with van der Waals surface area (Å²) in [4.78, 5) is 0. The highest BCUT2D eigenvalue weighted by molar-refractivity contribution is 7.20. The van der Waals surface area contributed by atoms with Gasteiger partial charge in [-0.05, 0) is 19.5 Å². The molecule has 1 aromatic rings. The van der Waals surface area contributed by atoms with E-state index in [2.05, 4.69) is 11.9 Å². The first kappa shape index (κ1) is 11.1. The van der Waals surface area contributed by atoms with Gasteiger partial charge in [-0.3, -0.25) is 0 Å². The highest BCUT2D eigenvalue weighted by Crippen LogP contribution is 2.35. The molecule has 0 fully saturated rings. The molecule has 1 aromatic heterocycles. The summed E-state index contributed by atoms with van der Waals surface area (Å²) in [6.07, 6.45) is 2.71. The first-order valence-corrected chi connectivity index (χ1v) is 5.49. The Bertz CT molecular complexity index is 296. The molecule has 72 valence electrons. The SMILES string of the molecule is C=CCC(NC)c1cc(Cl)sc1Cl. The van der Waals surface area contributed by atoms with Crippen molar-refractivity contribution in [1.29, 1.82) is 0 Å². The van der Waals surface area contributed by atoms with Gasteiger partial charge in [0.1, 0.15) is 0 Å². The second-order valence-corrected chi connectivity index (χ2v) is 4.93. The Balaban J connectivity index is 2.89. The minimum atomic E-state index is 0.216. The van der Waals surface area contributed by atoms with Gasteiger partial charge in [-0.25, -0.2) is 0 Å². The number of halogens is 2. The van der Waals surface area contributed by atoms with Crippen molar-refractivity contribution in [1.82, 2.24) is 5.32 Å². The molecular weight excluding hydrogens is 225 g/mol. The van der Waals surface area contributed by atoms with Crippen molar-refractivity contribution in [3.8, 4) is 0 Å². The molecule has 0 saturated carbocycles. The Morgan fingerprint density at radius 3 is 2.77 bits per heavy atom. The quantitative estimate of drug-likeness (QED) is 0.782. The second kappa shape index (κ2) is 5.01. The molecule has 0 aliphatic rings. The lowest BCUT2D eigenvalue weighted by Gasteiger charge is -2.12. The molecule has 1 unspecified atom stereocenters. The first-order chi connectivity index (χ1) is 6.19. The molecule has 0 radical (unpaired) electrons. The maximum atomic E-state index is 6.01. The first-order valence-electron chi connectivity index (χ1n) is 3.92. The number of hydrogen-bond acceptors (Lipinski definition) is 2. The lowest BCUT2D eigenvalue weighted by molar-refractivity contribution is 0.606. The van der Waals surface area contributed by atoms with E-state index >= 15 is 0 Å². The zero-order chi connectivity index (χ0) is 9.84. The smallest absolute Gasteiger partial charge is 0.0992 e. The molecule has 0 aliphatic carbocycles. The van der Waals surface area contributed by atoms with Crippen LogP contribution in [0.1, 0.15) is 18.0 Å². The van der Waals surface area contributed by atoms with Gasteiger partial charge in [-0.2, -0.15) is 0 Å². The van der Waals surface area contributed by atoms with Gasteiger partial charge in [0.2, 0.25) is 0 Å². The third kappa shape index (κ3) is 2.71. The van der Waals surface area contributed by atoms with Crippen LogP contribution in [0.4, 0.5) is 0 Å². The van der Waals surface area contributed by atoms with Crippen LogP contribution in [-0.4, -0.2) is 7.05 Å². The minimum Gasteiger partial charge on any atom is -0.313 e. The van der Waals surface area contributed by atoms with E-state index in [1.165, 1.54) is 11.3 Å². The Morgan fingerprint density at radius 1 is 1.69 bits per heavy atom. The fourth-order valence-electron chi connectivity index (χ4n) is 1.16. The van der Waals surface area contributed by atoms with E-state index in [1.54, 1.807) is 0 Å². The number of nitrogens with one attached hydrogen (secondary N) is 1. The molecular formula is C9H11Cl2NS. The van der Waals surface area contributed by atoms with Crippen molar-refractivity contribution in [3.05, 3.63) is 33.0 Å². The van der Waals surface area contributed by atoms with Crippen LogP contribution >= 0.6 is 34.5 Å². The predicted molar refractivity (Wildman–Crippen MR) is 61.0 cm³/mol. The molecule has 0 spiro atoms. The third-order valence-corrected chi connectivity index (χ3v) is 3.33. The van der Waals surface area contributed by atoms with Gasteiger partial charge in [0.25, 0.3) is 0 Å². The lowest BCUT2D eigenvalue weighted by Crippen LogP contribution is -2.14. The van der Waals surface area contributed by atoms with Crippen molar-refractivity contribution in [2.75, 3.05) is 7.05 Å². The van der Waals surface area contributed by atoms with Gasteiger partial charge < -0.3 is 5.32 Å². The summed E-state index contributed by atoms with van der Waals surface area (Å²) in [7, 11) is 1.90. The molecule has 1 nitrogen and oxygen atoms in total. The normalized spacial score (nSPS) is 12.8. The van der Waals surface area contributed by atoms with Gasteiger partial charge in [0.05, 0.1) is 8.67 Å². The largest absolute Gasteiger partial charge is 0.313 e. The molecule has 1 heterocycles. The maximum absolute atomic E-state index is 6.01. The van der Waals surface area contributed by atoms with Crippen molar-refractivity contribution < 1.29 is 0 Å². The van der Waals surface area contributed by atoms with E-state index in [9.17, 15) is 0 Å². The van der Waals surface area contributed by atoms with Gasteiger partial charge >= 0.3 is 0 Å². The number of thiophene rings is 1. The van der Waals surface area contributed by atoms with Crippen LogP contribution in [0.3, 0.4) is 0 Å². The fraction of sp³-hybridized carbons (Fsp3) is 0.333. The molecule has 0 saturated heterocycles. The van der Waals surface area contributed by atoms with Crippen molar-refractivity contribution in [2.45, 2.75) is 12.5 Å². The molecule has 1 N–H and O–H groups in total. The molecule has 0 bridgehead atoms. The van der Waals surface area contributed by atoms with Crippen molar-refractivity contribution in [3.63, 3.8) is 0 Å². The highest BCUT2D eigenvalue weighted by atomic mass is 35.5. The summed E-state index contributed by atoms with van der Waals surface area (Å²) in [5, 5.41) is 3.17. The molecule has 0 aromatic carbocycles. The molecule has 0 amide bonds. The topological polar surface area (TPSA) is 12.0 Å². The van der Waals surface area contributed by atoms with Crippen LogP contribution in [0.2, 0.25) is 8.67 Å². The Hall–Kier alpha value is -0.0200. The Kier molecular flexibility index (Phi) is 4.26. The van der Waals surface area contributed by atoms with Crippen molar-refractivity contribution in [2.24, 2.45) is 0 Å². The third-order valence-electron chi connectivity index (χ3n) is 1.81. The van der Waals surface area contributed by atoms with Crippen LogP contribution in [0, 0.1) is 0 Å². The number of hydrogen-bond donors (Lipinski definition) is 1. The van der Waals surface area contributed by atoms with E-state index in [1.807, 2.05) is 19.2 Å². The molecule has 13 heavy (non-hydrogen) atoms. The van der Waals surface area contributed by atoms with E-state index in [-0.39, 0.29) is 6.04 Å². The van der Waals surface area contributed by atoms with E-state index in [0.29, 0.717) is 0 Å². The van der Waals surface area contributed by atoms with E-state index < -0.39 is 0 Å². The summed E-state index contributed by atoms with van der Waals surface area (Å²) in [6, 6.07) is 2.12. The molecule has 0 aliphatic heterocycles. The molecule has 1 atom stereocenters. The van der Waals surface area contributed by atoms with Gasteiger partial charge in [-0.1, -0.05) is 29.3 Å². The molecule has 4 heteroatoms. The minimum absolute atomic E-state index is 0.216. The van der Waals surface area contributed by atoms with E-state index in [0.717, 1.165) is 20.7 Å². The standard InChI is InChI=1S/C9H11Cl2NS/c1-3-4-7(12-2)6-5-8(10)13-9(6)11/h3,5,7,12H,1,4H2,2H3. The van der Waals surface area contributed by atoms with Crippen LogP contribution in [0.5, 0.6) is 0 Å². The summed E-state index contributed by atoms with van der Waals surface area (Å²) < 4.78 is 1.48. The summed E-state index contributed by atoms with van der Waals surface area (Å²) in [6.45, 7) is 3.70. The van der Waals surface area contributed by atoms with Crippen LogP contribution in [0.15, 0.2) is 18.7 Å². The monoisotopic (exact) mass is 235 g/mol. The van der Waals surface area contributed by atoms with E-state index in [4.69, 9.17) is 23.2 Å². The van der Waals surface area contributed by atoms with Gasteiger partial charge in [-0.15, -0.1) is 17.9 Å². The summed E-state index contributed by atoms with van der Waals surface area (Å²) >= 11 is 13.3. The zero-order valence-corrected chi connectivity index (χ0v) is 9.64. The highest BCUT2D eigenvalue weighted by Gasteiger charge is 2.14. The van der Waals surface area contributed by atoms with Crippen LogP contribution in [0.25, 0.3) is 0 Å². The Morgan fingerprint density at radius 2 is 2.38 bits per heavy atom. The van der Waals surface area contributed by atoms with Crippen LogP contribution in [-0.2, 0) is 0 Å². The van der Waals surface area contributed by atoms with Crippen molar-refractivity contribution >= 4 is 34.5 Å². The Labute approximate surface area is 92.4 Å². The maximum Gasteiger partial charge on any atom is 0.0992 e. The van der Waals surface area contributed by atoms with Crippen LogP contribution < -0.4 is 5.32 Å². The lowest BCUT2D eigenvalue weighted by atomic mass is 10.1. The molecule has 1 rings (SSSR count). The predicted octanol–water partition coefficient (Wildman–Crippen LogP) is 3.89. The summed E-state index contributed by atoms with van der Waals surface area (Å²) in [5.74, 6) is 0. The second-order valence-electron chi connectivity index (χ2n) is 2.65. The van der Waals surface area contributed by atoms with Gasteiger partial charge in [0, 0.05) is 11.6 Å². The number of rotatable bonds is 4. The zero-order valence-electron chi connectivity index (χ0n) is 7.31. The average molecular weight is 236 g/mol. The van der Waals surface area contributed by atoms with Gasteiger partial charge in [0.15, 0.2) is 0 Å². The fourth-order valence-corrected chi connectivity index (χ4v) is 2.74.